The molecule has 0 amide bonds. The highest BCUT2D eigenvalue weighted by Gasteiger charge is 2.39. The number of anilines is 3. The van der Waals surface area contributed by atoms with E-state index in [-0.39, 0.29) is 0 Å². The molecule has 2 aromatic carbocycles. The van der Waals surface area contributed by atoms with Gasteiger partial charge in [0.25, 0.3) is 0 Å². The molecule has 3 nitrogen and oxygen atoms in total. The molecule has 5 rings (SSSR count). The van der Waals surface area contributed by atoms with E-state index in [2.05, 4.69) is 40.7 Å². The first-order valence-corrected chi connectivity index (χ1v) is 9.22. The molecule has 0 radical (unpaired) electrons. The highest BCUT2D eigenvalue weighted by atomic mass is 35.5. The Hall–Kier alpha value is -1.71. The number of halogens is 1. The molecule has 124 valence electrons. The lowest BCUT2D eigenvalue weighted by atomic mass is 9.83. The molecule has 3 heterocycles. The molecular formula is C20H22ClN3. The summed E-state index contributed by atoms with van der Waals surface area (Å²) in [5.74, 6) is 1.41. The van der Waals surface area contributed by atoms with Crippen molar-refractivity contribution < 1.29 is 0 Å². The lowest BCUT2D eigenvalue weighted by Crippen LogP contribution is -2.35. The van der Waals surface area contributed by atoms with Gasteiger partial charge in [-0.15, -0.1) is 0 Å². The van der Waals surface area contributed by atoms with E-state index in [9.17, 15) is 0 Å². The summed E-state index contributed by atoms with van der Waals surface area (Å²) in [6.07, 6.45) is 1.16. The standard InChI is InChI=1S/C20H22ClN3/c1-12-2-3-18(21)19(6-12)23-15-7-13-4-5-24-11-14-9-22-10-17(14)16(8-15)20(13)24/h2-3,6-8,14,17,22-23H,4-5,9-11H2,1H3/t14-,17-/m1/s1. The van der Waals surface area contributed by atoms with Crippen LogP contribution in [0.5, 0.6) is 0 Å². The van der Waals surface area contributed by atoms with Gasteiger partial charge in [-0.3, -0.25) is 0 Å². The Morgan fingerprint density at radius 3 is 3.04 bits per heavy atom. The maximum atomic E-state index is 6.38. The number of nitrogens with zero attached hydrogens (tertiary/aromatic N) is 1. The first-order valence-electron chi connectivity index (χ1n) is 8.85. The number of aryl methyl sites for hydroxylation is 1. The zero-order valence-electron chi connectivity index (χ0n) is 13.9. The number of fused-ring (bicyclic) bond motifs is 2. The van der Waals surface area contributed by atoms with E-state index in [4.69, 9.17) is 11.6 Å². The third-order valence-corrected chi connectivity index (χ3v) is 6.11. The second-order valence-corrected chi connectivity index (χ2v) is 7.81. The summed E-state index contributed by atoms with van der Waals surface area (Å²) in [6.45, 7) is 6.74. The van der Waals surface area contributed by atoms with E-state index in [1.807, 2.05) is 12.1 Å². The summed E-state index contributed by atoms with van der Waals surface area (Å²) in [6, 6.07) is 10.8. The summed E-state index contributed by atoms with van der Waals surface area (Å²) in [4.78, 5) is 2.60. The quantitative estimate of drug-likeness (QED) is 0.863. The summed E-state index contributed by atoms with van der Waals surface area (Å²) >= 11 is 6.38. The Labute approximate surface area is 148 Å². The highest BCUT2D eigenvalue weighted by Crippen LogP contribution is 2.46. The van der Waals surface area contributed by atoms with Gasteiger partial charge in [0.2, 0.25) is 0 Å². The molecule has 4 heteroatoms. The molecule has 0 unspecified atom stereocenters. The molecule has 0 spiro atoms. The van der Waals surface area contributed by atoms with E-state index >= 15 is 0 Å². The van der Waals surface area contributed by atoms with Gasteiger partial charge in [0, 0.05) is 43.5 Å². The minimum absolute atomic E-state index is 0.655. The van der Waals surface area contributed by atoms with Gasteiger partial charge in [-0.2, -0.15) is 0 Å². The topological polar surface area (TPSA) is 27.3 Å². The lowest BCUT2D eigenvalue weighted by molar-refractivity contribution is 0.491. The number of hydrogen-bond acceptors (Lipinski definition) is 3. The maximum Gasteiger partial charge on any atom is 0.0641 e. The number of benzene rings is 2. The maximum absolute atomic E-state index is 6.38. The van der Waals surface area contributed by atoms with E-state index in [0.29, 0.717) is 5.92 Å². The minimum atomic E-state index is 0.655. The molecule has 0 saturated carbocycles. The Morgan fingerprint density at radius 2 is 2.12 bits per heavy atom. The lowest BCUT2D eigenvalue weighted by Gasteiger charge is -2.35. The van der Waals surface area contributed by atoms with Gasteiger partial charge < -0.3 is 15.5 Å². The highest BCUT2D eigenvalue weighted by molar-refractivity contribution is 6.33. The molecule has 1 fully saturated rings. The monoisotopic (exact) mass is 339 g/mol. The van der Waals surface area contributed by atoms with Crippen LogP contribution in [0.1, 0.15) is 22.6 Å². The van der Waals surface area contributed by atoms with Crippen LogP contribution in [0.25, 0.3) is 0 Å². The van der Waals surface area contributed by atoms with Crippen LogP contribution in [0, 0.1) is 12.8 Å². The van der Waals surface area contributed by atoms with Crippen molar-refractivity contribution in [2.24, 2.45) is 5.92 Å². The zero-order valence-corrected chi connectivity index (χ0v) is 14.7. The Bertz CT molecular complexity index is 817. The molecule has 3 aliphatic rings. The minimum Gasteiger partial charge on any atom is -0.370 e. The van der Waals surface area contributed by atoms with Gasteiger partial charge in [0.1, 0.15) is 0 Å². The molecule has 0 bridgehead atoms. The van der Waals surface area contributed by atoms with Crippen LogP contribution in [-0.2, 0) is 6.42 Å². The first-order chi connectivity index (χ1) is 11.7. The Kier molecular flexibility index (Phi) is 3.29. The van der Waals surface area contributed by atoms with Gasteiger partial charge in [-0.25, -0.2) is 0 Å². The van der Waals surface area contributed by atoms with Crippen LogP contribution >= 0.6 is 11.6 Å². The van der Waals surface area contributed by atoms with Gasteiger partial charge in [0.05, 0.1) is 10.7 Å². The second kappa shape index (κ2) is 5.40. The first kappa shape index (κ1) is 14.6. The number of hydrogen-bond donors (Lipinski definition) is 2. The van der Waals surface area contributed by atoms with E-state index in [1.165, 1.54) is 41.2 Å². The van der Waals surface area contributed by atoms with Crippen molar-refractivity contribution in [1.29, 1.82) is 0 Å². The summed E-state index contributed by atoms with van der Waals surface area (Å²) in [7, 11) is 0. The van der Waals surface area contributed by atoms with Crippen molar-refractivity contribution in [3.63, 3.8) is 0 Å². The zero-order chi connectivity index (χ0) is 16.3. The van der Waals surface area contributed by atoms with E-state index in [1.54, 1.807) is 0 Å². The van der Waals surface area contributed by atoms with Crippen LogP contribution in [0.15, 0.2) is 30.3 Å². The largest absolute Gasteiger partial charge is 0.370 e. The van der Waals surface area contributed by atoms with Crippen molar-refractivity contribution in [1.82, 2.24) is 5.32 Å². The molecule has 24 heavy (non-hydrogen) atoms. The van der Waals surface area contributed by atoms with E-state index < -0.39 is 0 Å². The predicted molar refractivity (Wildman–Crippen MR) is 101 cm³/mol. The molecule has 2 atom stereocenters. The normalized spacial score (nSPS) is 24.0. The summed E-state index contributed by atoms with van der Waals surface area (Å²) in [5.41, 5.74) is 7.92. The van der Waals surface area contributed by atoms with Gasteiger partial charge in [0.15, 0.2) is 0 Å². The predicted octanol–water partition coefficient (Wildman–Crippen LogP) is 4.07. The summed E-state index contributed by atoms with van der Waals surface area (Å²) < 4.78 is 0. The SMILES string of the molecule is Cc1ccc(Cl)c(Nc2cc3c4c(c2)[C@@H]2CNC[C@@H]2CN4CC3)c1. The Balaban J connectivity index is 1.57. The van der Waals surface area contributed by atoms with Crippen LogP contribution in [-0.4, -0.2) is 26.2 Å². The molecular weight excluding hydrogens is 318 g/mol. The number of rotatable bonds is 2. The molecule has 2 aromatic rings. The third-order valence-electron chi connectivity index (χ3n) is 5.78. The van der Waals surface area contributed by atoms with Crippen molar-refractivity contribution in [3.8, 4) is 0 Å². The van der Waals surface area contributed by atoms with Crippen LogP contribution in [0.4, 0.5) is 17.1 Å². The average Bonchev–Trinajstić information content (AvgIpc) is 3.19. The fourth-order valence-corrected chi connectivity index (χ4v) is 4.83. The Morgan fingerprint density at radius 1 is 1.21 bits per heavy atom. The summed E-state index contributed by atoms with van der Waals surface area (Å²) in [5, 5.41) is 7.93. The van der Waals surface area contributed by atoms with Gasteiger partial charge in [-0.05, 0) is 60.2 Å². The van der Waals surface area contributed by atoms with Crippen LogP contribution < -0.4 is 15.5 Å². The average molecular weight is 340 g/mol. The van der Waals surface area contributed by atoms with Gasteiger partial charge >= 0.3 is 0 Å². The van der Waals surface area contributed by atoms with Crippen molar-refractivity contribution in [2.75, 3.05) is 36.4 Å². The van der Waals surface area contributed by atoms with Crippen molar-refractivity contribution in [2.45, 2.75) is 19.3 Å². The van der Waals surface area contributed by atoms with Gasteiger partial charge in [-0.1, -0.05) is 17.7 Å². The van der Waals surface area contributed by atoms with E-state index in [0.717, 1.165) is 36.1 Å². The molecule has 1 saturated heterocycles. The van der Waals surface area contributed by atoms with Crippen molar-refractivity contribution in [3.05, 3.63) is 52.0 Å². The third kappa shape index (κ3) is 2.22. The smallest absolute Gasteiger partial charge is 0.0641 e. The van der Waals surface area contributed by atoms with Crippen LogP contribution in [0.3, 0.4) is 0 Å². The molecule has 3 aliphatic heterocycles. The molecule has 0 aliphatic carbocycles. The fourth-order valence-electron chi connectivity index (χ4n) is 4.66. The fraction of sp³-hybridized carbons (Fsp3) is 0.400. The molecule has 0 aromatic heterocycles. The number of nitrogens with one attached hydrogen (secondary N) is 2. The second-order valence-electron chi connectivity index (χ2n) is 7.40. The van der Waals surface area contributed by atoms with Crippen LogP contribution in [0.2, 0.25) is 5.02 Å². The molecule has 2 N–H and O–H groups in total. The van der Waals surface area contributed by atoms with Crippen molar-refractivity contribution >= 4 is 28.7 Å².